The van der Waals surface area contributed by atoms with Crippen LogP contribution in [0.4, 0.5) is 4.79 Å². The largest absolute Gasteiger partial charge is 0.375 e. The fourth-order valence-corrected chi connectivity index (χ4v) is 2.00. The van der Waals surface area contributed by atoms with E-state index in [2.05, 4.69) is 0 Å². The van der Waals surface area contributed by atoms with E-state index >= 15 is 0 Å². The molecular weight excluding hydrogens is 184 g/mol. The Kier molecular flexibility index (Phi) is 2.88. The molecule has 80 valence electrons. The molecule has 0 radical (unpaired) electrons. The van der Waals surface area contributed by atoms with Gasteiger partial charge in [0.05, 0.1) is 19.3 Å². The molecule has 0 spiro atoms. The number of hydrogen-bond acceptors (Lipinski definition) is 3. The molecule has 2 heterocycles. The zero-order valence-electron chi connectivity index (χ0n) is 8.15. The van der Waals surface area contributed by atoms with E-state index in [1.54, 1.807) is 4.90 Å². The lowest BCUT2D eigenvalue weighted by molar-refractivity contribution is -0.0843. The van der Waals surface area contributed by atoms with E-state index in [9.17, 15) is 4.79 Å². The molecule has 2 unspecified atom stereocenters. The second kappa shape index (κ2) is 4.14. The summed E-state index contributed by atoms with van der Waals surface area (Å²) in [5, 5.41) is 0. The summed E-state index contributed by atoms with van der Waals surface area (Å²) in [6, 6.07) is -0.365. The lowest BCUT2D eigenvalue weighted by Crippen LogP contribution is -2.51. The van der Waals surface area contributed by atoms with Crippen LogP contribution in [-0.2, 0) is 9.47 Å². The zero-order chi connectivity index (χ0) is 9.97. The Hall–Kier alpha value is -0.810. The summed E-state index contributed by atoms with van der Waals surface area (Å²) in [6.45, 7) is 2.53. The molecule has 0 aromatic heterocycles. The van der Waals surface area contributed by atoms with Gasteiger partial charge in [-0.3, -0.25) is 0 Å². The van der Waals surface area contributed by atoms with Gasteiger partial charge in [0, 0.05) is 13.2 Å². The first-order valence-electron chi connectivity index (χ1n) is 5.05. The smallest absolute Gasteiger partial charge is 0.314 e. The first-order valence-corrected chi connectivity index (χ1v) is 5.05. The standard InChI is InChI=1S/C9H16N2O3/c10-9(12)11-3-5-14-8(6-11)7-2-1-4-13-7/h7-8H,1-6H2,(H2,10,12). The highest BCUT2D eigenvalue weighted by Crippen LogP contribution is 2.20. The zero-order valence-corrected chi connectivity index (χ0v) is 8.15. The van der Waals surface area contributed by atoms with Crippen LogP contribution in [0.15, 0.2) is 0 Å². The molecule has 2 aliphatic heterocycles. The molecule has 2 saturated heterocycles. The van der Waals surface area contributed by atoms with E-state index < -0.39 is 0 Å². The lowest BCUT2D eigenvalue weighted by atomic mass is 10.1. The quantitative estimate of drug-likeness (QED) is 0.645. The first-order chi connectivity index (χ1) is 6.77. The molecule has 0 saturated carbocycles. The number of urea groups is 1. The molecule has 2 fully saturated rings. The number of carbonyl (C=O) groups excluding carboxylic acids is 1. The Morgan fingerprint density at radius 1 is 1.29 bits per heavy atom. The van der Waals surface area contributed by atoms with Gasteiger partial charge >= 0.3 is 6.03 Å². The molecule has 2 N–H and O–H groups in total. The monoisotopic (exact) mass is 200 g/mol. The third-order valence-corrected chi connectivity index (χ3v) is 2.78. The van der Waals surface area contributed by atoms with Gasteiger partial charge in [-0.1, -0.05) is 0 Å². The van der Waals surface area contributed by atoms with E-state index in [4.69, 9.17) is 15.2 Å². The normalized spacial score (nSPS) is 33.3. The van der Waals surface area contributed by atoms with Gasteiger partial charge in [0.1, 0.15) is 6.10 Å². The van der Waals surface area contributed by atoms with E-state index in [0.717, 1.165) is 19.4 Å². The maximum atomic E-state index is 11.0. The molecule has 0 bridgehead atoms. The van der Waals surface area contributed by atoms with Crippen molar-refractivity contribution in [3.05, 3.63) is 0 Å². The van der Waals surface area contributed by atoms with Gasteiger partial charge in [0.15, 0.2) is 0 Å². The van der Waals surface area contributed by atoms with Gasteiger partial charge in [-0.05, 0) is 12.8 Å². The predicted octanol–water partition coefficient (Wildman–Crippen LogP) is -0.0551. The average Bonchev–Trinajstić information content (AvgIpc) is 2.71. The topological polar surface area (TPSA) is 64.8 Å². The van der Waals surface area contributed by atoms with Crippen LogP contribution in [0.1, 0.15) is 12.8 Å². The van der Waals surface area contributed by atoms with Crippen LogP contribution in [-0.4, -0.2) is 49.4 Å². The minimum atomic E-state index is -0.365. The Morgan fingerprint density at radius 3 is 2.71 bits per heavy atom. The Labute approximate surface area is 83.1 Å². The van der Waals surface area contributed by atoms with Crippen LogP contribution in [0.25, 0.3) is 0 Å². The van der Waals surface area contributed by atoms with Crippen molar-refractivity contribution in [2.75, 3.05) is 26.3 Å². The van der Waals surface area contributed by atoms with Gasteiger partial charge in [-0.15, -0.1) is 0 Å². The SMILES string of the molecule is NC(=O)N1CCOC(C2CCCO2)C1. The number of hydrogen-bond donors (Lipinski definition) is 1. The molecule has 2 rings (SSSR count). The minimum Gasteiger partial charge on any atom is -0.375 e. The lowest BCUT2D eigenvalue weighted by Gasteiger charge is -2.34. The molecule has 2 aliphatic rings. The summed E-state index contributed by atoms with van der Waals surface area (Å²) >= 11 is 0. The number of rotatable bonds is 1. The Bertz CT molecular complexity index is 216. The number of ether oxygens (including phenoxy) is 2. The van der Waals surface area contributed by atoms with Crippen molar-refractivity contribution in [2.45, 2.75) is 25.0 Å². The highest BCUT2D eigenvalue weighted by molar-refractivity contribution is 5.72. The highest BCUT2D eigenvalue weighted by Gasteiger charge is 2.32. The number of primary amides is 1. The number of amides is 2. The minimum absolute atomic E-state index is 0.0127. The molecule has 0 aromatic rings. The van der Waals surface area contributed by atoms with Crippen LogP contribution in [0.3, 0.4) is 0 Å². The molecule has 0 aliphatic carbocycles. The third kappa shape index (κ3) is 1.99. The summed E-state index contributed by atoms with van der Waals surface area (Å²) in [5.74, 6) is 0. The van der Waals surface area contributed by atoms with Gasteiger partial charge < -0.3 is 20.1 Å². The average molecular weight is 200 g/mol. The highest BCUT2D eigenvalue weighted by atomic mass is 16.5. The molecule has 2 atom stereocenters. The van der Waals surface area contributed by atoms with E-state index in [0.29, 0.717) is 19.7 Å². The van der Waals surface area contributed by atoms with E-state index in [-0.39, 0.29) is 18.2 Å². The van der Waals surface area contributed by atoms with Gasteiger partial charge in [0.25, 0.3) is 0 Å². The van der Waals surface area contributed by atoms with E-state index in [1.165, 1.54) is 0 Å². The number of morpholine rings is 1. The molecule has 14 heavy (non-hydrogen) atoms. The molecule has 5 nitrogen and oxygen atoms in total. The van der Waals surface area contributed by atoms with E-state index in [1.807, 2.05) is 0 Å². The number of carbonyl (C=O) groups is 1. The Balaban J connectivity index is 1.89. The maximum Gasteiger partial charge on any atom is 0.314 e. The van der Waals surface area contributed by atoms with Crippen molar-refractivity contribution < 1.29 is 14.3 Å². The fraction of sp³-hybridized carbons (Fsp3) is 0.889. The van der Waals surface area contributed by atoms with Crippen LogP contribution < -0.4 is 5.73 Å². The number of nitrogens with zero attached hydrogens (tertiary/aromatic N) is 1. The Morgan fingerprint density at radius 2 is 2.07 bits per heavy atom. The van der Waals surface area contributed by atoms with Crippen molar-refractivity contribution in [1.82, 2.24) is 4.90 Å². The van der Waals surface area contributed by atoms with Crippen LogP contribution in [0, 0.1) is 0 Å². The molecule has 2 amide bonds. The van der Waals surface area contributed by atoms with Crippen molar-refractivity contribution >= 4 is 6.03 Å². The molecule has 5 heteroatoms. The molecular formula is C9H16N2O3. The summed E-state index contributed by atoms with van der Waals surface area (Å²) in [6.07, 6.45) is 2.27. The van der Waals surface area contributed by atoms with Crippen molar-refractivity contribution in [2.24, 2.45) is 5.73 Å². The van der Waals surface area contributed by atoms with Crippen molar-refractivity contribution in [1.29, 1.82) is 0 Å². The van der Waals surface area contributed by atoms with Crippen LogP contribution in [0.5, 0.6) is 0 Å². The van der Waals surface area contributed by atoms with Gasteiger partial charge in [0.2, 0.25) is 0 Å². The van der Waals surface area contributed by atoms with Crippen molar-refractivity contribution in [3.8, 4) is 0 Å². The maximum absolute atomic E-state index is 11.0. The number of nitrogens with two attached hydrogens (primary N) is 1. The van der Waals surface area contributed by atoms with Gasteiger partial charge in [-0.25, -0.2) is 4.79 Å². The summed E-state index contributed by atoms with van der Waals surface area (Å²) in [4.78, 5) is 12.6. The second-order valence-electron chi connectivity index (χ2n) is 3.74. The van der Waals surface area contributed by atoms with Crippen LogP contribution >= 0.6 is 0 Å². The third-order valence-electron chi connectivity index (χ3n) is 2.78. The van der Waals surface area contributed by atoms with Gasteiger partial charge in [-0.2, -0.15) is 0 Å². The fourth-order valence-electron chi connectivity index (χ4n) is 2.00. The first kappa shape index (κ1) is 9.73. The summed E-state index contributed by atoms with van der Waals surface area (Å²) in [5.41, 5.74) is 5.22. The van der Waals surface area contributed by atoms with Crippen LogP contribution in [0.2, 0.25) is 0 Å². The molecule has 0 aromatic carbocycles. The van der Waals surface area contributed by atoms with Crippen molar-refractivity contribution in [3.63, 3.8) is 0 Å². The summed E-state index contributed by atoms with van der Waals surface area (Å²) < 4.78 is 11.1. The summed E-state index contributed by atoms with van der Waals surface area (Å²) in [7, 11) is 0. The predicted molar refractivity (Wildman–Crippen MR) is 49.9 cm³/mol. The second-order valence-corrected chi connectivity index (χ2v) is 3.74.